The van der Waals surface area contributed by atoms with Crippen LogP contribution in [-0.4, -0.2) is 94.0 Å². The Morgan fingerprint density at radius 2 is 1.48 bits per heavy atom. The highest BCUT2D eigenvalue weighted by Crippen LogP contribution is 2.47. The molecular weight excluding hydrogens is 405 g/mol. The summed E-state index contributed by atoms with van der Waals surface area (Å²) in [4.78, 5) is 34.2. The number of rotatable bonds is 10. The van der Waals surface area contributed by atoms with Gasteiger partial charge in [0.2, 0.25) is 0 Å². The summed E-state index contributed by atoms with van der Waals surface area (Å²) in [5.74, 6) is -1.22. The van der Waals surface area contributed by atoms with E-state index in [1.807, 2.05) is 0 Å². The first-order chi connectivity index (χ1) is 13.4. The van der Waals surface area contributed by atoms with E-state index in [1.165, 1.54) is 0 Å². The predicted octanol–water partition coefficient (Wildman–Crippen LogP) is -0.368. The molecule has 0 aromatic rings. The zero-order valence-electron chi connectivity index (χ0n) is 16.8. The minimum absolute atomic E-state index is 0.0683. The molecule has 2 heterocycles. The van der Waals surface area contributed by atoms with Crippen molar-refractivity contribution in [1.82, 2.24) is 0 Å². The van der Waals surface area contributed by atoms with Crippen molar-refractivity contribution in [2.45, 2.75) is 76.3 Å². The number of hydrogen-bond acceptors (Lipinski definition) is 9. The normalized spacial score (nSPS) is 35.0. The molecule has 0 saturated carbocycles. The standard InChI is InChI=1S/C16H25B2O10P/c1-7(2)23-5-9-14(12(20)16(18)26-9)28-29(21,22)24-6-10-13(25-8(3)4)11(19)15(17)27-10/h7-10,13-16H,5-6H2,1-4H3,(H,21,22)/t9-,10-,13+,14+,15-,16-/m1/s1. The van der Waals surface area contributed by atoms with E-state index in [4.69, 9.17) is 43.7 Å². The lowest BCUT2D eigenvalue weighted by Crippen LogP contribution is -2.36. The SMILES string of the molecule is [B][C@@H]1O[C@H](COP(=O)(O)O[C@@H]2C(=O)[C@H]([B])O[C@@H]2COC(C)C)[C@H](OC(C)C)C1=O. The summed E-state index contributed by atoms with van der Waals surface area (Å²) in [6, 6.07) is -2.54. The molecule has 1 unspecified atom stereocenters. The van der Waals surface area contributed by atoms with Gasteiger partial charge in [0.1, 0.15) is 34.0 Å². The van der Waals surface area contributed by atoms with Crippen molar-refractivity contribution in [3.63, 3.8) is 0 Å². The van der Waals surface area contributed by atoms with Crippen LogP contribution in [0.3, 0.4) is 0 Å². The van der Waals surface area contributed by atoms with Gasteiger partial charge in [-0.15, -0.1) is 0 Å². The molecule has 2 aliphatic rings. The molecule has 2 saturated heterocycles. The molecule has 10 nitrogen and oxygen atoms in total. The van der Waals surface area contributed by atoms with E-state index in [0.717, 1.165) is 0 Å². The number of hydrogen-bond donors (Lipinski definition) is 1. The summed E-state index contributed by atoms with van der Waals surface area (Å²) in [7, 11) is 6.36. The van der Waals surface area contributed by atoms with Gasteiger partial charge in [-0.25, -0.2) is 4.57 Å². The van der Waals surface area contributed by atoms with Crippen LogP contribution in [0.15, 0.2) is 0 Å². The molecule has 160 valence electrons. The van der Waals surface area contributed by atoms with Crippen LogP contribution in [0.4, 0.5) is 0 Å². The summed E-state index contributed by atoms with van der Waals surface area (Å²) < 4.78 is 43.6. The van der Waals surface area contributed by atoms with Crippen LogP contribution in [0.2, 0.25) is 0 Å². The molecule has 4 radical (unpaired) electrons. The van der Waals surface area contributed by atoms with Gasteiger partial charge in [0.15, 0.2) is 17.7 Å². The fourth-order valence-corrected chi connectivity index (χ4v) is 3.72. The van der Waals surface area contributed by atoms with Gasteiger partial charge in [-0.3, -0.25) is 18.6 Å². The van der Waals surface area contributed by atoms with Gasteiger partial charge >= 0.3 is 7.82 Å². The van der Waals surface area contributed by atoms with Crippen molar-refractivity contribution in [1.29, 1.82) is 0 Å². The van der Waals surface area contributed by atoms with Crippen molar-refractivity contribution >= 4 is 35.1 Å². The second-order valence-corrected chi connectivity index (χ2v) is 8.68. The summed E-state index contributed by atoms with van der Waals surface area (Å²) in [6.45, 7) is 6.38. The van der Waals surface area contributed by atoms with Gasteiger partial charge in [0.05, 0.1) is 37.4 Å². The molecule has 0 spiro atoms. The van der Waals surface area contributed by atoms with Crippen LogP contribution >= 0.6 is 7.82 Å². The lowest BCUT2D eigenvalue weighted by molar-refractivity contribution is -0.130. The van der Waals surface area contributed by atoms with Crippen LogP contribution in [0.25, 0.3) is 0 Å². The monoisotopic (exact) mass is 430 g/mol. The maximum absolute atomic E-state index is 12.4. The van der Waals surface area contributed by atoms with Gasteiger partial charge in [-0.1, -0.05) is 0 Å². The van der Waals surface area contributed by atoms with E-state index >= 15 is 0 Å². The van der Waals surface area contributed by atoms with Crippen molar-refractivity contribution in [3.05, 3.63) is 0 Å². The largest absolute Gasteiger partial charge is 0.473 e. The Hall–Kier alpha value is -0.580. The first-order valence-electron chi connectivity index (χ1n) is 9.23. The maximum Gasteiger partial charge on any atom is 0.473 e. The van der Waals surface area contributed by atoms with Gasteiger partial charge in [-0.05, 0) is 27.7 Å². The number of Topliss-reactive ketones (excluding diaryl/α,β-unsaturated/α-hetero) is 2. The summed E-state index contributed by atoms with van der Waals surface area (Å²) in [6.07, 6.45) is -4.96. The molecule has 7 atom stereocenters. The van der Waals surface area contributed by atoms with E-state index in [1.54, 1.807) is 27.7 Å². The summed E-state index contributed by atoms with van der Waals surface area (Å²) in [5, 5.41) is 0. The van der Waals surface area contributed by atoms with Crippen molar-refractivity contribution in [2.24, 2.45) is 0 Å². The highest BCUT2D eigenvalue weighted by Gasteiger charge is 2.47. The highest BCUT2D eigenvalue weighted by molar-refractivity contribution is 7.47. The first-order valence-corrected chi connectivity index (χ1v) is 10.7. The van der Waals surface area contributed by atoms with Crippen LogP contribution < -0.4 is 0 Å². The van der Waals surface area contributed by atoms with Gasteiger partial charge < -0.3 is 23.8 Å². The fraction of sp³-hybridized carbons (Fsp3) is 0.875. The third-order valence-electron chi connectivity index (χ3n) is 4.10. The topological polar surface area (TPSA) is 127 Å². The minimum Gasteiger partial charge on any atom is -0.376 e. The van der Waals surface area contributed by atoms with Crippen LogP contribution in [-0.2, 0) is 42.1 Å². The number of phosphoric acid groups is 1. The first kappa shape index (κ1) is 24.7. The van der Waals surface area contributed by atoms with E-state index in [0.29, 0.717) is 0 Å². The number of carbonyl (C=O) groups is 2. The van der Waals surface area contributed by atoms with Crippen molar-refractivity contribution < 1.29 is 47.0 Å². The molecule has 0 aromatic carbocycles. The Bertz CT molecular complexity index is 645. The molecule has 0 aliphatic carbocycles. The molecule has 0 aromatic heterocycles. The van der Waals surface area contributed by atoms with Crippen LogP contribution in [0, 0.1) is 0 Å². The fourth-order valence-electron chi connectivity index (χ4n) is 2.79. The average Bonchev–Trinajstić information content (AvgIpc) is 3.02. The van der Waals surface area contributed by atoms with Gasteiger partial charge in [0, 0.05) is 0 Å². The van der Waals surface area contributed by atoms with Gasteiger partial charge in [0.25, 0.3) is 0 Å². The minimum atomic E-state index is -4.74. The van der Waals surface area contributed by atoms with E-state index in [2.05, 4.69) is 0 Å². The Kier molecular flexibility index (Phi) is 8.64. The number of ketones is 2. The van der Waals surface area contributed by atoms with Crippen molar-refractivity contribution in [2.75, 3.05) is 13.2 Å². The molecule has 2 fully saturated rings. The highest BCUT2D eigenvalue weighted by atomic mass is 31.2. The molecule has 2 aliphatic heterocycles. The number of carbonyl (C=O) groups excluding carboxylic acids is 2. The van der Waals surface area contributed by atoms with E-state index in [-0.39, 0.29) is 18.8 Å². The second-order valence-electron chi connectivity index (χ2n) is 7.27. The lowest BCUT2D eigenvalue weighted by atomic mass is 9.94. The molecular formula is C16H25B2O10P. The Labute approximate surface area is 172 Å². The van der Waals surface area contributed by atoms with Crippen LogP contribution in [0.5, 0.6) is 0 Å². The summed E-state index contributed by atoms with van der Waals surface area (Å²) >= 11 is 0. The lowest BCUT2D eigenvalue weighted by Gasteiger charge is -2.23. The molecule has 1 N–H and O–H groups in total. The second kappa shape index (κ2) is 10.2. The van der Waals surface area contributed by atoms with Gasteiger partial charge in [-0.2, -0.15) is 0 Å². The Morgan fingerprint density at radius 1 is 0.966 bits per heavy atom. The number of phosphoric ester groups is 1. The zero-order valence-corrected chi connectivity index (χ0v) is 17.7. The quantitative estimate of drug-likeness (QED) is 0.363. The Balaban J connectivity index is 1.98. The van der Waals surface area contributed by atoms with Crippen LogP contribution in [0.1, 0.15) is 27.7 Å². The predicted molar refractivity (Wildman–Crippen MR) is 101 cm³/mol. The summed E-state index contributed by atoms with van der Waals surface area (Å²) in [5.41, 5.74) is 0. The maximum atomic E-state index is 12.4. The number of ether oxygens (including phenoxy) is 4. The zero-order chi connectivity index (χ0) is 21.9. The Morgan fingerprint density at radius 3 is 2.00 bits per heavy atom. The smallest absolute Gasteiger partial charge is 0.376 e. The molecule has 2 rings (SSSR count). The molecule has 0 bridgehead atoms. The average molecular weight is 430 g/mol. The molecule has 13 heteroatoms. The molecule has 29 heavy (non-hydrogen) atoms. The molecule has 0 amide bonds. The van der Waals surface area contributed by atoms with E-state index < -0.39 is 62.4 Å². The third kappa shape index (κ3) is 6.70. The third-order valence-corrected chi connectivity index (χ3v) is 5.07. The van der Waals surface area contributed by atoms with E-state index in [9.17, 15) is 19.0 Å². The van der Waals surface area contributed by atoms with Crippen molar-refractivity contribution in [3.8, 4) is 0 Å².